The van der Waals surface area contributed by atoms with Crippen LogP contribution in [0.25, 0.3) is 0 Å². The van der Waals surface area contributed by atoms with Crippen molar-refractivity contribution in [1.29, 1.82) is 0 Å². The van der Waals surface area contributed by atoms with Crippen molar-refractivity contribution >= 4 is 31.9 Å². The lowest BCUT2D eigenvalue weighted by molar-refractivity contribution is 0.0901. The van der Waals surface area contributed by atoms with E-state index in [2.05, 4.69) is 42.2 Å². The number of halogens is 2. The van der Waals surface area contributed by atoms with E-state index in [4.69, 9.17) is 9.47 Å². The zero-order valence-corrected chi connectivity index (χ0v) is 14.4. The van der Waals surface area contributed by atoms with E-state index in [0.717, 1.165) is 26.1 Å². The van der Waals surface area contributed by atoms with Gasteiger partial charge in [0.1, 0.15) is 12.7 Å². The summed E-state index contributed by atoms with van der Waals surface area (Å²) in [5.41, 5.74) is 0.968. The van der Waals surface area contributed by atoms with Crippen LogP contribution in [0.4, 0.5) is 0 Å². The van der Waals surface area contributed by atoms with Gasteiger partial charge in [-0.15, -0.1) is 0 Å². The molecule has 0 saturated heterocycles. The highest BCUT2D eigenvalue weighted by Gasteiger charge is 2.20. The van der Waals surface area contributed by atoms with Gasteiger partial charge in [0, 0.05) is 28.2 Å². The maximum Gasteiger partial charge on any atom is 0.161 e. The molecule has 0 radical (unpaired) electrons. The number of para-hydroxylation sites is 2. The van der Waals surface area contributed by atoms with Gasteiger partial charge in [0.2, 0.25) is 0 Å². The smallest absolute Gasteiger partial charge is 0.161 e. The Morgan fingerprint density at radius 1 is 1.24 bits per heavy atom. The van der Waals surface area contributed by atoms with Crippen molar-refractivity contribution in [2.45, 2.75) is 12.6 Å². The minimum absolute atomic E-state index is 0.00845. The van der Waals surface area contributed by atoms with Gasteiger partial charge in [-0.1, -0.05) is 12.1 Å². The molecular weight excluding hydrogens is 400 g/mol. The second kappa shape index (κ2) is 6.77. The fourth-order valence-electron chi connectivity index (χ4n) is 2.09. The molecule has 1 aliphatic heterocycles. The molecule has 0 bridgehead atoms. The van der Waals surface area contributed by atoms with Gasteiger partial charge in [-0.05, 0) is 50.1 Å². The molecule has 0 saturated carbocycles. The Morgan fingerprint density at radius 2 is 2.05 bits per heavy atom. The summed E-state index contributed by atoms with van der Waals surface area (Å²) in [6.07, 6.45) is 1.80. The minimum atomic E-state index is 0.00845. The fourth-order valence-corrected chi connectivity index (χ4v) is 3.22. The summed E-state index contributed by atoms with van der Waals surface area (Å²) in [6.45, 7) is 1.94. The van der Waals surface area contributed by atoms with Gasteiger partial charge in [0.25, 0.3) is 0 Å². The molecule has 1 aromatic carbocycles. The molecule has 1 N–H and O–H groups in total. The number of fused-ring (bicyclic) bond motifs is 1. The van der Waals surface area contributed by atoms with Gasteiger partial charge in [0.05, 0.1) is 5.69 Å². The van der Waals surface area contributed by atoms with E-state index < -0.39 is 0 Å². The summed E-state index contributed by atoms with van der Waals surface area (Å²) in [4.78, 5) is 4.37. The molecule has 6 heteroatoms. The zero-order valence-electron chi connectivity index (χ0n) is 11.2. The first-order valence-electron chi connectivity index (χ1n) is 6.61. The van der Waals surface area contributed by atoms with Gasteiger partial charge < -0.3 is 14.8 Å². The van der Waals surface area contributed by atoms with Crippen LogP contribution < -0.4 is 14.8 Å². The van der Waals surface area contributed by atoms with Crippen molar-refractivity contribution in [1.82, 2.24) is 10.3 Å². The lowest BCUT2D eigenvalue weighted by Gasteiger charge is -2.26. The maximum atomic E-state index is 5.89. The summed E-state index contributed by atoms with van der Waals surface area (Å²) < 4.78 is 13.5. The monoisotopic (exact) mass is 412 g/mol. The van der Waals surface area contributed by atoms with Crippen molar-refractivity contribution in [3.05, 3.63) is 51.2 Å². The van der Waals surface area contributed by atoms with Crippen molar-refractivity contribution in [2.24, 2.45) is 0 Å². The largest absolute Gasteiger partial charge is 0.486 e. The van der Waals surface area contributed by atoms with Crippen molar-refractivity contribution < 1.29 is 9.47 Å². The highest BCUT2D eigenvalue weighted by atomic mass is 79.9. The summed E-state index contributed by atoms with van der Waals surface area (Å²) >= 11 is 6.90. The molecule has 3 rings (SSSR count). The van der Waals surface area contributed by atoms with Crippen LogP contribution in [0.5, 0.6) is 11.5 Å². The zero-order chi connectivity index (χ0) is 14.7. The van der Waals surface area contributed by atoms with Crippen LogP contribution in [0, 0.1) is 0 Å². The lowest BCUT2D eigenvalue weighted by atomic mass is 10.2. The van der Waals surface area contributed by atoms with Crippen LogP contribution in [0.2, 0.25) is 0 Å². The van der Waals surface area contributed by atoms with E-state index in [1.807, 2.05) is 30.3 Å². The van der Waals surface area contributed by atoms with Crippen LogP contribution >= 0.6 is 31.9 Å². The fraction of sp³-hybridized carbons (Fsp3) is 0.267. The first-order chi connectivity index (χ1) is 10.2. The molecule has 1 atom stereocenters. The van der Waals surface area contributed by atoms with E-state index in [1.54, 1.807) is 6.20 Å². The second-order valence-electron chi connectivity index (χ2n) is 4.71. The average Bonchev–Trinajstić information content (AvgIpc) is 2.49. The molecule has 0 spiro atoms. The Morgan fingerprint density at radius 3 is 2.86 bits per heavy atom. The van der Waals surface area contributed by atoms with Crippen LogP contribution in [0.3, 0.4) is 0 Å². The number of pyridine rings is 1. The molecule has 4 nitrogen and oxygen atoms in total. The highest BCUT2D eigenvalue weighted by molar-refractivity contribution is 9.11. The van der Waals surface area contributed by atoms with Gasteiger partial charge in [-0.25, -0.2) is 0 Å². The molecule has 1 unspecified atom stereocenters. The molecule has 0 amide bonds. The van der Waals surface area contributed by atoms with Gasteiger partial charge in [-0.2, -0.15) is 0 Å². The van der Waals surface area contributed by atoms with Crippen LogP contribution in [-0.2, 0) is 6.54 Å². The Kier molecular flexibility index (Phi) is 4.77. The number of nitrogens with one attached hydrogen (secondary N) is 1. The van der Waals surface area contributed by atoms with E-state index in [9.17, 15) is 0 Å². The Labute approximate surface area is 140 Å². The first kappa shape index (κ1) is 14.8. The Balaban J connectivity index is 1.52. The first-order valence-corrected chi connectivity index (χ1v) is 8.20. The average molecular weight is 414 g/mol. The predicted molar refractivity (Wildman–Crippen MR) is 87.7 cm³/mol. The molecule has 21 heavy (non-hydrogen) atoms. The van der Waals surface area contributed by atoms with Crippen molar-refractivity contribution in [2.75, 3.05) is 13.2 Å². The van der Waals surface area contributed by atoms with Crippen LogP contribution in [0.1, 0.15) is 5.69 Å². The normalized spacial score (nSPS) is 16.8. The van der Waals surface area contributed by atoms with Gasteiger partial charge in [0.15, 0.2) is 11.5 Å². The number of benzene rings is 1. The van der Waals surface area contributed by atoms with Crippen molar-refractivity contribution in [3.8, 4) is 11.5 Å². The SMILES string of the molecule is Brc1cnc(CNCC2COc3ccccc3O2)c(Br)c1. The van der Waals surface area contributed by atoms with E-state index in [0.29, 0.717) is 19.7 Å². The molecule has 0 fully saturated rings. The predicted octanol–water partition coefficient (Wildman–Crippen LogP) is 3.54. The van der Waals surface area contributed by atoms with Gasteiger partial charge >= 0.3 is 0 Å². The second-order valence-corrected chi connectivity index (χ2v) is 6.48. The Hall–Kier alpha value is -1.11. The molecule has 0 aliphatic carbocycles. The van der Waals surface area contributed by atoms with Crippen LogP contribution in [-0.4, -0.2) is 24.2 Å². The lowest BCUT2D eigenvalue weighted by Crippen LogP contribution is -2.38. The van der Waals surface area contributed by atoms with E-state index in [1.165, 1.54) is 0 Å². The third-order valence-electron chi connectivity index (χ3n) is 3.12. The molecule has 110 valence electrons. The standard InChI is InChI=1S/C15H14Br2N2O2/c16-10-5-12(17)13(19-6-10)8-18-7-11-9-20-14-3-1-2-4-15(14)21-11/h1-6,11,18H,7-9H2. The number of aromatic nitrogens is 1. The third-order valence-corrected chi connectivity index (χ3v) is 4.24. The third kappa shape index (κ3) is 3.75. The van der Waals surface area contributed by atoms with Crippen LogP contribution in [0.15, 0.2) is 45.5 Å². The number of hydrogen-bond acceptors (Lipinski definition) is 4. The maximum absolute atomic E-state index is 5.89. The van der Waals surface area contributed by atoms with E-state index >= 15 is 0 Å². The minimum Gasteiger partial charge on any atom is -0.486 e. The quantitative estimate of drug-likeness (QED) is 0.832. The molecule has 2 aromatic rings. The summed E-state index contributed by atoms with van der Waals surface area (Å²) in [5, 5.41) is 3.35. The molecule has 1 aliphatic rings. The number of nitrogens with zero attached hydrogens (tertiary/aromatic N) is 1. The van der Waals surface area contributed by atoms with Crippen molar-refractivity contribution in [3.63, 3.8) is 0 Å². The molecule has 1 aromatic heterocycles. The topological polar surface area (TPSA) is 43.4 Å². The summed E-state index contributed by atoms with van der Waals surface area (Å²) in [5.74, 6) is 1.62. The van der Waals surface area contributed by atoms with Gasteiger partial charge in [-0.3, -0.25) is 4.98 Å². The number of ether oxygens (including phenoxy) is 2. The highest BCUT2D eigenvalue weighted by Crippen LogP contribution is 2.30. The number of rotatable bonds is 4. The van der Waals surface area contributed by atoms with E-state index in [-0.39, 0.29) is 6.10 Å². The summed E-state index contributed by atoms with van der Waals surface area (Å²) in [6, 6.07) is 9.72. The molecule has 2 heterocycles. The summed E-state index contributed by atoms with van der Waals surface area (Å²) in [7, 11) is 0. The Bertz CT molecular complexity index is 637. The number of hydrogen-bond donors (Lipinski definition) is 1. The molecular formula is C15H14Br2N2O2.